The van der Waals surface area contributed by atoms with Gasteiger partial charge in [-0.2, -0.15) is 0 Å². The Morgan fingerprint density at radius 2 is 2.00 bits per heavy atom. The van der Waals surface area contributed by atoms with Crippen LogP contribution in [0, 0.1) is 0 Å². The van der Waals surface area contributed by atoms with E-state index in [4.69, 9.17) is 0 Å². The third kappa shape index (κ3) is 2.48. The quantitative estimate of drug-likeness (QED) is 0.685. The van der Waals surface area contributed by atoms with Gasteiger partial charge in [0.05, 0.1) is 0 Å². The molecule has 13 heavy (non-hydrogen) atoms. The molecule has 1 aromatic carbocycles. The lowest BCUT2D eigenvalue weighted by atomic mass is 10.0. The highest BCUT2D eigenvalue weighted by atomic mass is 15.1. The Hall–Kier alpha value is -0.980. The van der Waals surface area contributed by atoms with Crippen LogP contribution in [0.25, 0.3) is 0 Å². The highest BCUT2D eigenvalue weighted by molar-refractivity contribution is 5.48. The zero-order valence-electron chi connectivity index (χ0n) is 9.04. The van der Waals surface area contributed by atoms with Gasteiger partial charge in [0.15, 0.2) is 0 Å². The van der Waals surface area contributed by atoms with Crippen LogP contribution in [0.1, 0.15) is 32.3 Å². The summed E-state index contributed by atoms with van der Waals surface area (Å²) in [6.45, 7) is 7.68. The van der Waals surface area contributed by atoms with E-state index >= 15 is 0 Å². The maximum absolute atomic E-state index is 2.27. The molecule has 1 heteroatoms. The monoisotopic (exact) mass is 177 g/mol. The Morgan fingerprint density at radius 3 is 2.54 bits per heavy atom. The van der Waals surface area contributed by atoms with Crippen molar-refractivity contribution in [1.82, 2.24) is 0 Å². The van der Waals surface area contributed by atoms with E-state index in [9.17, 15) is 0 Å². The van der Waals surface area contributed by atoms with E-state index in [2.05, 4.69) is 57.0 Å². The molecule has 0 heterocycles. The molecule has 0 unspecified atom stereocenters. The molecule has 0 bridgehead atoms. The van der Waals surface area contributed by atoms with E-state index < -0.39 is 0 Å². The first kappa shape index (κ1) is 10.1. The van der Waals surface area contributed by atoms with E-state index in [1.54, 1.807) is 0 Å². The van der Waals surface area contributed by atoms with Crippen molar-refractivity contribution in [3.63, 3.8) is 0 Å². The minimum absolute atomic E-state index is 0.616. The van der Waals surface area contributed by atoms with Crippen LogP contribution in [0.3, 0.4) is 0 Å². The number of hydrogen-bond acceptors (Lipinski definition) is 1. The maximum Gasteiger partial charge on any atom is 0.0366 e. The molecular formula is C12H19N. The fourth-order valence-electron chi connectivity index (χ4n) is 1.30. The van der Waals surface area contributed by atoms with Crippen molar-refractivity contribution in [2.45, 2.75) is 26.7 Å². The lowest BCUT2D eigenvalue weighted by molar-refractivity contribution is 0.862. The summed E-state index contributed by atoms with van der Waals surface area (Å²) in [7, 11) is 2.12. The highest BCUT2D eigenvalue weighted by Crippen LogP contribution is 2.20. The fraction of sp³-hybridized carbons (Fsp3) is 0.500. The topological polar surface area (TPSA) is 3.24 Å². The van der Waals surface area contributed by atoms with Gasteiger partial charge in [0, 0.05) is 19.3 Å². The molecule has 0 radical (unpaired) electrons. The van der Waals surface area contributed by atoms with E-state index in [0.717, 1.165) is 6.54 Å². The first-order valence-electron chi connectivity index (χ1n) is 4.96. The Balaban J connectivity index is 2.91. The molecule has 0 saturated carbocycles. The third-order valence-corrected chi connectivity index (χ3v) is 2.45. The number of benzene rings is 1. The normalized spacial score (nSPS) is 10.5. The van der Waals surface area contributed by atoms with Crippen molar-refractivity contribution >= 4 is 5.69 Å². The van der Waals surface area contributed by atoms with Gasteiger partial charge in [0.1, 0.15) is 0 Å². The summed E-state index contributed by atoms with van der Waals surface area (Å²) in [4.78, 5) is 2.26. The molecule has 0 amide bonds. The molecule has 72 valence electrons. The second-order valence-corrected chi connectivity index (χ2v) is 3.76. The van der Waals surface area contributed by atoms with Gasteiger partial charge in [-0.05, 0) is 30.5 Å². The number of hydrogen-bond donors (Lipinski definition) is 0. The van der Waals surface area contributed by atoms with E-state index in [1.807, 2.05) is 0 Å². The zero-order chi connectivity index (χ0) is 9.84. The van der Waals surface area contributed by atoms with Crippen LogP contribution >= 0.6 is 0 Å². The van der Waals surface area contributed by atoms with E-state index in [0.29, 0.717) is 5.92 Å². The first-order chi connectivity index (χ1) is 6.15. The highest BCUT2D eigenvalue weighted by Gasteiger charge is 2.01. The smallest absolute Gasteiger partial charge is 0.0366 e. The van der Waals surface area contributed by atoms with Crippen LogP contribution in [0.2, 0.25) is 0 Å². The van der Waals surface area contributed by atoms with Crippen molar-refractivity contribution in [2.75, 3.05) is 18.5 Å². The van der Waals surface area contributed by atoms with Gasteiger partial charge in [-0.1, -0.05) is 26.0 Å². The van der Waals surface area contributed by atoms with Gasteiger partial charge in [-0.15, -0.1) is 0 Å². The second kappa shape index (κ2) is 4.31. The van der Waals surface area contributed by atoms with Gasteiger partial charge in [0.25, 0.3) is 0 Å². The first-order valence-corrected chi connectivity index (χ1v) is 4.96. The van der Waals surface area contributed by atoms with E-state index in [-0.39, 0.29) is 0 Å². The average Bonchev–Trinajstić information content (AvgIpc) is 2.17. The minimum atomic E-state index is 0.616. The van der Waals surface area contributed by atoms with Crippen LogP contribution in [0.5, 0.6) is 0 Å². The van der Waals surface area contributed by atoms with Gasteiger partial charge >= 0.3 is 0 Å². The summed E-state index contributed by atoms with van der Waals surface area (Å²) in [5.74, 6) is 0.616. The van der Waals surface area contributed by atoms with Gasteiger partial charge in [0.2, 0.25) is 0 Å². The van der Waals surface area contributed by atoms with Crippen LogP contribution in [-0.2, 0) is 0 Å². The summed E-state index contributed by atoms with van der Waals surface area (Å²) in [5.41, 5.74) is 2.73. The molecule has 0 N–H and O–H groups in total. The molecule has 0 fully saturated rings. The Kier molecular flexibility index (Phi) is 3.35. The standard InChI is InChI=1S/C12H19N/c1-5-13(4)12-8-6-7-11(9-12)10(2)3/h6-10H,5H2,1-4H3. The van der Waals surface area contributed by atoms with Crippen molar-refractivity contribution in [3.05, 3.63) is 29.8 Å². The Bertz CT molecular complexity index is 266. The van der Waals surface area contributed by atoms with Crippen molar-refractivity contribution in [3.8, 4) is 0 Å². The molecule has 0 atom stereocenters. The number of nitrogens with zero attached hydrogens (tertiary/aromatic N) is 1. The lowest BCUT2D eigenvalue weighted by Gasteiger charge is -2.18. The molecule has 0 saturated heterocycles. The summed E-state index contributed by atoms with van der Waals surface area (Å²) in [6.07, 6.45) is 0. The van der Waals surface area contributed by atoms with Crippen LogP contribution in [0.4, 0.5) is 5.69 Å². The van der Waals surface area contributed by atoms with Crippen molar-refractivity contribution < 1.29 is 0 Å². The van der Waals surface area contributed by atoms with Crippen molar-refractivity contribution in [2.24, 2.45) is 0 Å². The lowest BCUT2D eigenvalue weighted by Crippen LogP contribution is -2.15. The van der Waals surface area contributed by atoms with Gasteiger partial charge in [-0.3, -0.25) is 0 Å². The molecule has 1 aromatic rings. The summed E-state index contributed by atoms with van der Waals surface area (Å²) in [5, 5.41) is 0. The molecular weight excluding hydrogens is 158 g/mol. The van der Waals surface area contributed by atoms with E-state index in [1.165, 1.54) is 11.3 Å². The van der Waals surface area contributed by atoms with Crippen LogP contribution in [0.15, 0.2) is 24.3 Å². The SMILES string of the molecule is CCN(C)c1cccc(C(C)C)c1. The Morgan fingerprint density at radius 1 is 1.31 bits per heavy atom. The predicted molar refractivity (Wildman–Crippen MR) is 59.5 cm³/mol. The molecule has 0 aliphatic carbocycles. The Labute approximate surface area is 81.4 Å². The second-order valence-electron chi connectivity index (χ2n) is 3.76. The zero-order valence-corrected chi connectivity index (χ0v) is 9.04. The molecule has 1 nitrogen and oxygen atoms in total. The molecule has 0 aliphatic rings. The average molecular weight is 177 g/mol. The summed E-state index contributed by atoms with van der Waals surface area (Å²) < 4.78 is 0. The fourth-order valence-corrected chi connectivity index (χ4v) is 1.30. The molecule has 1 rings (SSSR count). The molecule has 0 spiro atoms. The van der Waals surface area contributed by atoms with Gasteiger partial charge in [-0.25, -0.2) is 0 Å². The predicted octanol–water partition coefficient (Wildman–Crippen LogP) is 3.27. The van der Waals surface area contributed by atoms with Crippen LogP contribution in [-0.4, -0.2) is 13.6 Å². The van der Waals surface area contributed by atoms with Crippen molar-refractivity contribution in [1.29, 1.82) is 0 Å². The number of rotatable bonds is 3. The summed E-state index contributed by atoms with van der Waals surface area (Å²) in [6, 6.07) is 8.76. The molecule has 0 aromatic heterocycles. The minimum Gasteiger partial charge on any atom is -0.375 e. The third-order valence-electron chi connectivity index (χ3n) is 2.45. The summed E-state index contributed by atoms with van der Waals surface area (Å²) >= 11 is 0. The van der Waals surface area contributed by atoms with Crippen LogP contribution < -0.4 is 4.90 Å². The number of anilines is 1. The maximum atomic E-state index is 2.27. The van der Waals surface area contributed by atoms with Gasteiger partial charge < -0.3 is 4.90 Å². The largest absolute Gasteiger partial charge is 0.375 e. The molecule has 0 aliphatic heterocycles.